The lowest BCUT2D eigenvalue weighted by Crippen LogP contribution is -2.48. The molecule has 1 N–H and O–H groups in total. The molecule has 1 saturated heterocycles. The number of carbonyl (C=O) groups is 2. The van der Waals surface area contributed by atoms with E-state index in [1.807, 2.05) is 0 Å². The second-order valence-corrected chi connectivity index (χ2v) is 6.10. The number of hydrogen-bond donors (Lipinski definition) is 1. The van der Waals surface area contributed by atoms with Crippen molar-refractivity contribution in [2.24, 2.45) is 5.92 Å². The van der Waals surface area contributed by atoms with Gasteiger partial charge in [-0.2, -0.15) is 0 Å². The molecule has 0 bridgehead atoms. The zero-order chi connectivity index (χ0) is 18.2. The lowest BCUT2D eigenvalue weighted by atomic mass is 9.88. The molecule has 1 aromatic rings. The highest BCUT2D eigenvalue weighted by Crippen LogP contribution is 2.33. The second-order valence-electron chi connectivity index (χ2n) is 6.10. The zero-order valence-electron chi connectivity index (χ0n) is 14.7. The van der Waals surface area contributed by atoms with Gasteiger partial charge >= 0.3 is 0 Å². The molecular formula is C18H25FN2O4. The van der Waals surface area contributed by atoms with E-state index in [0.717, 1.165) is 5.56 Å². The molecule has 1 aliphatic heterocycles. The predicted molar refractivity (Wildman–Crippen MR) is 90.3 cm³/mol. The Labute approximate surface area is 147 Å². The lowest BCUT2D eigenvalue weighted by Gasteiger charge is -2.39. The summed E-state index contributed by atoms with van der Waals surface area (Å²) in [5.74, 6) is -0.838. The molecule has 2 rings (SSSR count). The van der Waals surface area contributed by atoms with Crippen molar-refractivity contribution in [3.05, 3.63) is 35.6 Å². The molecule has 7 heteroatoms. The van der Waals surface area contributed by atoms with Crippen molar-refractivity contribution >= 4 is 11.8 Å². The highest BCUT2D eigenvalue weighted by molar-refractivity contribution is 5.82. The minimum Gasteiger partial charge on any atom is -0.383 e. The van der Waals surface area contributed by atoms with Crippen LogP contribution in [0.2, 0.25) is 0 Å². The van der Waals surface area contributed by atoms with Crippen molar-refractivity contribution in [1.29, 1.82) is 0 Å². The van der Waals surface area contributed by atoms with Crippen molar-refractivity contribution < 1.29 is 23.5 Å². The molecule has 25 heavy (non-hydrogen) atoms. The third-order valence-corrected chi connectivity index (χ3v) is 4.40. The number of nitrogens with one attached hydrogen (secondary N) is 1. The van der Waals surface area contributed by atoms with E-state index >= 15 is 0 Å². The third-order valence-electron chi connectivity index (χ3n) is 4.40. The molecule has 1 aliphatic rings. The predicted octanol–water partition coefficient (Wildman–Crippen LogP) is 1.51. The zero-order valence-corrected chi connectivity index (χ0v) is 14.7. The molecule has 0 radical (unpaired) electrons. The molecule has 2 amide bonds. The van der Waals surface area contributed by atoms with E-state index in [1.165, 1.54) is 19.2 Å². The normalized spacial score (nSPS) is 20.4. The highest BCUT2D eigenvalue weighted by Gasteiger charge is 2.35. The van der Waals surface area contributed by atoms with Crippen LogP contribution in [-0.2, 0) is 19.1 Å². The molecule has 0 spiro atoms. The van der Waals surface area contributed by atoms with Crippen LogP contribution in [0.15, 0.2) is 24.3 Å². The Bertz CT molecular complexity index is 579. The molecule has 138 valence electrons. The maximum Gasteiger partial charge on any atom is 0.249 e. The van der Waals surface area contributed by atoms with Crippen molar-refractivity contribution in [2.45, 2.75) is 18.9 Å². The fourth-order valence-electron chi connectivity index (χ4n) is 3.12. The van der Waals surface area contributed by atoms with Gasteiger partial charge in [0.15, 0.2) is 0 Å². The van der Waals surface area contributed by atoms with Gasteiger partial charge in [-0.3, -0.25) is 9.59 Å². The maximum atomic E-state index is 13.2. The largest absolute Gasteiger partial charge is 0.383 e. The molecular weight excluding hydrogens is 327 g/mol. The summed E-state index contributed by atoms with van der Waals surface area (Å²) in [4.78, 5) is 26.4. The molecule has 1 fully saturated rings. The van der Waals surface area contributed by atoms with Crippen LogP contribution in [0.4, 0.5) is 4.39 Å². The van der Waals surface area contributed by atoms with Crippen molar-refractivity contribution in [1.82, 2.24) is 10.2 Å². The van der Waals surface area contributed by atoms with Crippen LogP contribution in [0.1, 0.15) is 24.4 Å². The standard InChI is InChI=1S/C18H25FN2O4/c1-24-10-9-20-18(23)14-5-8-16(13-3-6-15(19)7-4-13)21(11-14)17(22)12-25-2/h3-4,6-7,14,16H,5,8-12H2,1-2H3,(H,20,23)/t14-,16-/m0/s1. The van der Waals surface area contributed by atoms with Gasteiger partial charge in [0.2, 0.25) is 11.8 Å². The Hall–Kier alpha value is -1.99. The number of methoxy groups -OCH3 is 2. The number of benzene rings is 1. The maximum absolute atomic E-state index is 13.2. The Morgan fingerprint density at radius 2 is 1.92 bits per heavy atom. The van der Waals surface area contributed by atoms with Crippen LogP contribution >= 0.6 is 0 Å². The summed E-state index contributed by atoms with van der Waals surface area (Å²) in [7, 11) is 3.04. The number of likely N-dealkylation sites (tertiary alicyclic amines) is 1. The fraction of sp³-hybridized carbons (Fsp3) is 0.556. The number of ether oxygens (including phenoxy) is 2. The Morgan fingerprint density at radius 1 is 1.20 bits per heavy atom. The first-order chi connectivity index (χ1) is 12.1. The van der Waals surface area contributed by atoms with Gasteiger partial charge < -0.3 is 19.7 Å². The van der Waals surface area contributed by atoms with Gasteiger partial charge in [-0.05, 0) is 30.5 Å². The lowest BCUT2D eigenvalue weighted by molar-refractivity contribution is -0.142. The average molecular weight is 352 g/mol. The molecule has 0 unspecified atom stereocenters. The van der Waals surface area contributed by atoms with Crippen molar-refractivity contribution in [3.63, 3.8) is 0 Å². The number of rotatable bonds is 7. The van der Waals surface area contributed by atoms with Gasteiger partial charge in [0.25, 0.3) is 0 Å². The first-order valence-corrected chi connectivity index (χ1v) is 8.37. The molecule has 6 nitrogen and oxygen atoms in total. The first kappa shape index (κ1) is 19.3. The molecule has 0 saturated carbocycles. The molecule has 1 aromatic carbocycles. The van der Waals surface area contributed by atoms with E-state index < -0.39 is 0 Å². The average Bonchev–Trinajstić information content (AvgIpc) is 2.62. The van der Waals surface area contributed by atoms with Crippen molar-refractivity contribution in [3.8, 4) is 0 Å². The highest BCUT2D eigenvalue weighted by atomic mass is 19.1. The van der Waals surface area contributed by atoms with Crippen LogP contribution < -0.4 is 5.32 Å². The summed E-state index contributed by atoms with van der Waals surface area (Å²) in [6.07, 6.45) is 1.31. The monoisotopic (exact) mass is 352 g/mol. The van der Waals surface area contributed by atoms with Crippen LogP contribution in [-0.4, -0.2) is 57.2 Å². The molecule has 2 atom stereocenters. The van der Waals surface area contributed by atoms with Crippen LogP contribution in [0.5, 0.6) is 0 Å². The van der Waals surface area contributed by atoms with Crippen molar-refractivity contribution in [2.75, 3.05) is 40.5 Å². The summed E-state index contributed by atoms with van der Waals surface area (Å²) in [5.41, 5.74) is 0.865. The summed E-state index contributed by atoms with van der Waals surface area (Å²) in [6.45, 7) is 1.17. The minimum atomic E-state index is -0.315. The summed E-state index contributed by atoms with van der Waals surface area (Å²) < 4.78 is 23.1. The molecule has 0 aromatic heterocycles. The smallest absolute Gasteiger partial charge is 0.249 e. The quantitative estimate of drug-likeness (QED) is 0.756. The van der Waals surface area contributed by atoms with E-state index in [4.69, 9.17) is 9.47 Å². The summed E-state index contributed by atoms with van der Waals surface area (Å²) >= 11 is 0. The number of piperidine rings is 1. The Morgan fingerprint density at radius 3 is 2.56 bits per heavy atom. The Kier molecular flexibility index (Phi) is 7.33. The molecule has 0 aliphatic carbocycles. The summed E-state index contributed by atoms with van der Waals surface area (Å²) in [5, 5.41) is 2.82. The fourth-order valence-corrected chi connectivity index (χ4v) is 3.12. The molecule has 1 heterocycles. The van der Waals surface area contributed by atoms with E-state index in [2.05, 4.69) is 5.32 Å². The van der Waals surface area contributed by atoms with E-state index in [-0.39, 0.29) is 36.2 Å². The number of hydrogen-bond acceptors (Lipinski definition) is 4. The SMILES string of the molecule is COCCNC(=O)[C@H]1CC[C@@H](c2ccc(F)cc2)N(C(=O)COC)C1. The van der Waals surface area contributed by atoms with Crippen LogP contribution in [0.3, 0.4) is 0 Å². The van der Waals surface area contributed by atoms with E-state index in [1.54, 1.807) is 24.1 Å². The van der Waals surface area contributed by atoms with Crippen LogP contribution in [0.25, 0.3) is 0 Å². The van der Waals surface area contributed by atoms with Gasteiger partial charge in [-0.25, -0.2) is 4.39 Å². The minimum absolute atomic E-state index is 0.0459. The van der Waals surface area contributed by atoms with Gasteiger partial charge in [0, 0.05) is 27.3 Å². The van der Waals surface area contributed by atoms with Gasteiger partial charge in [-0.1, -0.05) is 12.1 Å². The van der Waals surface area contributed by atoms with Crippen LogP contribution in [0, 0.1) is 11.7 Å². The topological polar surface area (TPSA) is 67.9 Å². The number of halogens is 1. The first-order valence-electron chi connectivity index (χ1n) is 8.37. The van der Waals surface area contributed by atoms with Gasteiger partial charge in [0.05, 0.1) is 18.6 Å². The van der Waals surface area contributed by atoms with E-state index in [9.17, 15) is 14.0 Å². The summed E-state index contributed by atoms with van der Waals surface area (Å²) in [6, 6.07) is 5.97. The van der Waals surface area contributed by atoms with E-state index in [0.29, 0.717) is 32.5 Å². The van der Waals surface area contributed by atoms with Gasteiger partial charge in [-0.15, -0.1) is 0 Å². The number of amides is 2. The Balaban J connectivity index is 2.10. The second kappa shape index (κ2) is 9.48. The number of carbonyl (C=O) groups excluding carboxylic acids is 2. The number of nitrogens with zero attached hydrogens (tertiary/aromatic N) is 1. The van der Waals surface area contributed by atoms with Gasteiger partial charge in [0.1, 0.15) is 12.4 Å². The third kappa shape index (κ3) is 5.24.